The van der Waals surface area contributed by atoms with Gasteiger partial charge in [0.25, 0.3) is 0 Å². The summed E-state index contributed by atoms with van der Waals surface area (Å²) in [7, 11) is 0. The van der Waals surface area contributed by atoms with Crippen molar-refractivity contribution in [1.29, 1.82) is 0 Å². The summed E-state index contributed by atoms with van der Waals surface area (Å²) in [6.07, 6.45) is 5.73. The van der Waals surface area contributed by atoms with E-state index < -0.39 is 12.4 Å². The Morgan fingerprint density at radius 1 is 1.18 bits per heavy atom. The minimum absolute atomic E-state index is 0.0253. The number of allylic oxidation sites excluding steroid dienone is 1. The monoisotopic (exact) mass is 314 g/mol. The molecule has 5 heteroatoms. The quantitative estimate of drug-likeness (QED) is 0.551. The number of ether oxygens (including phenoxy) is 4. The van der Waals surface area contributed by atoms with Gasteiger partial charge in [0, 0.05) is 12.5 Å². The molecule has 2 rings (SSSR count). The maximum Gasteiger partial charge on any atom is 0.184 e. The molecule has 2 saturated heterocycles. The second-order valence-electron chi connectivity index (χ2n) is 6.26. The van der Waals surface area contributed by atoms with E-state index in [4.69, 9.17) is 18.9 Å². The first-order chi connectivity index (χ1) is 10.6. The zero-order valence-corrected chi connectivity index (χ0v) is 13.8. The second kappa shape index (κ2) is 8.99. The molecule has 128 valence electrons. The van der Waals surface area contributed by atoms with Crippen LogP contribution in [0.5, 0.6) is 0 Å². The number of aliphatic hydroxyl groups is 1. The lowest BCUT2D eigenvalue weighted by atomic mass is 9.90. The molecule has 0 spiro atoms. The molecule has 22 heavy (non-hydrogen) atoms. The molecule has 0 aromatic carbocycles. The van der Waals surface area contributed by atoms with Gasteiger partial charge in [-0.1, -0.05) is 25.8 Å². The Morgan fingerprint density at radius 2 is 1.95 bits per heavy atom. The Labute approximate surface area is 133 Å². The van der Waals surface area contributed by atoms with Crippen LogP contribution in [0.1, 0.15) is 46.0 Å². The van der Waals surface area contributed by atoms with Gasteiger partial charge in [0.15, 0.2) is 12.6 Å². The second-order valence-corrected chi connectivity index (χ2v) is 6.26. The molecule has 0 aromatic heterocycles. The Morgan fingerprint density at radius 3 is 2.73 bits per heavy atom. The third-order valence-electron chi connectivity index (χ3n) is 4.44. The molecule has 2 heterocycles. The van der Waals surface area contributed by atoms with Gasteiger partial charge in [-0.15, -0.1) is 6.58 Å². The number of fused-ring (bicyclic) bond motifs is 1. The summed E-state index contributed by atoms with van der Waals surface area (Å²) >= 11 is 0. The smallest absolute Gasteiger partial charge is 0.184 e. The molecule has 2 fully saturated rings. The Bertz CT molecular complexity index is 333. The van der Waals surface area contributed by atoms with E-state index >= 15 is 0 Å². The molecular formula is C17H30O5. The average molecular weight is 314 g/mol. The molecule has 2 aliphatic rings. The van der Waals surface area contributed by atoms with Crippen LogP contribution in [-0.4, -0.2) is 49.2 Å². The van der Waals surface area contributed by atoms with Crippen LogP contribution in [0.25, 0.3) is 0 Å². The van der Waals surface area contributed by atoms with E-state index in [-0.39, 0.29) is 24.4 Å². The molecule has 0 aliphatic carbocycles. The summed E-state index contributed by atoms with van der Waals surface area (Å²) in [6, 6.07) is 0. The molecule has 6 atom stereocenters. The van der Waals surface area contributed by atoms with Gasteiger partial charge in [-0.2, -0.15) is 0 Å². The number of rotatable bonds is 8. The summed E-state index contributed by atoms with van der Waals surface area (Å²) in [5.41, 5.74) is 0. The summed E-state index contributed by atoms with van der Waals surface area (Å²) in [4.78, 5) is 0. The lowest BCUT2D eigenvalue weighted by molar-refractivity contribution is -0.346. The van der Waals surface area contributed by atoms with E-state index in [1.165, 1.54) is 12.8 Å². The van der Waals surface area contributed by atoms with Crippen molar-refractivity contribution < 1.29 is 24.1 Å². The van der Waals surface area contributed by atoms with E-state index in [1.807, 2.05) is 19.9 Å². The first-order valence-electron chi connectivity index (χ1n) is 8.46. The van der Waals surface area contributed by atoms with Gasteiger partial charge in [-0.05, 0) is 26.2 Å². The van der Waals surface area contributed by atoms with Crippen LogP contribution in [-0.2, 0) is 18.9 Å². The fourth-order valence-corrected chi connectivity index (χ4v) is 3.03. The van der Waals surface area contributed by atoms with Crippen molar-refractivity contribution in [3.05, 3.63) is 12.7 Å². The van der Waals surface area contributed by atoms with Crippen LogP contribution < -0.4 is 0 Å². The van der Waals surface area contributed by atoms with Gasteiger partial charge in [0.05, 0.1) is 12.7 Å². The molecule has 0 radical (unpaired) electrons. The van der Waals surface area contributed by atoms with Gasteiger partial charge in [0.2, 0.25) is 0 Å². The van der Waals surface area contributed by atoms with Gasteiger partial charge >= 0.3 is 0 Å². The van der Waals surface area contributed by atoms with Gasteiger partial charge < -0.3 is 24.1 Å². The molecular weight excluding hydrogens is 284 g/mol. The zero-order valence-electron chi connectivity index (χ0n) is 13.8. The Balaban J connectivity index is 1.69. The minimum Gasteiger partial charge on any atom is -0.387 e. The normalized spacial score (nSPS) is 38.5. The SMILES string of the molecule is C=CCCCCCCOC1OC2COC(C)OC2C(C)C1O. The molecule has 1 N–H and O–H groups in total. The maximum absolute atomic E-state index is 10.4. The van der Waals surface area contributed by atoms with Crippen LogP contribution in [0, 0.1) is 5.92 Å². The molecule has 0 aromatic rings. The molecule has 6 unspecified atom stereocenters. The fraction of sp³-hybridized carbons (Fsp3) is 0.882. The lowest BCUT2D eigenvalue weighted by Crippen LogP contribution is -2.59. The highest BCUT2D eigenvalue weighted by Gasteiger charge is 2.46. The third kappa shape index (κ3) is 4.77. The first kappa shape index (κ1) is 17.9. The summed E-state index contributed by atoms with van der Waals surface area (Å²) < 4.78 is 22.8. The number of hydrogen-bond donors (Lipinski definition) is 1. The van der Waals surface area contributed by atoms with Crippen LogP contribution in [0.3, 0.4) is 0 Å². The molecule has 0 amide bonds. The van der Waals surface area contributed by atoms with Crippen LogP contribution in [0.4, 0.5) is 0 Å². The summed E-state index contributed by atoms with van der Waals surface area (Å²) in [6.45, 7) is 8.67. The Kier molecular flexibility index (Phi) is 7.31. The number of unbranched alkanes of at least 4 members (excludes halogenated alkanes) is 4. The first-order valence-corrected chi connectivity index (χ1v) is 8.46. The highest BCUT2D eigenvalue weighted by molar-refractivity contribution is 4.89. The summed E-state index contributed by atoms with van der Waals surface area (Å²) in [5, 5.41) is 10.4. The van der Waals surface area contributed by atoms with Gasteiger partial charge in [-0.25, -0.2) is 0 Å². The summed E-state index contributed by atoms with van der Waals surface area (Å²) in [5.74, 6) is -0.0253. The third-order valence-corrected chi connectivity index (χ3v) is 4.44. The topological polar surface area (TPSA) is 57.2 Å². The van der Waals surface area contributed by atoms with Crippen molar-refractivity contribution in [3.63, 3.8) is 0 Å². The molecule has 0 bridgehead atoms. The van der Waals surface area contributed by atoms with Crippen molar-refractivity contribution in [2.24, 2.45) is 5.92 Å². The predicted octanol–water partition coefficient (Wildman–Crippen LogP) is 2.62. The highest BCUT2D eigenvalue weighted by Crippen LogP contribution is 2.32. The standard InChI is InChI=1S/C17H30O5/c1-4-5-6-7-8-9-10-19-17-15(18)12(2)16-14(22-17)11-20-13(3)21-16/h4,12-18H,1,5-11H2,2-3H3. The number of hydrogen-bond acceptors (Lipinski definition) is 5. The highest BCUT2D eigenvalue weighted by atomic mass is 16.7. The van der Waals surface area contributed by atoms with Crippen molar-refractivity contribution in [1.82, 2.24) is 0 Å². The molecule has 0 saturated carbocycles. The molecule has 5 nitrogen and oxygen atoms in total. The lowest BCUT2D eigenvalue weighted by Gasteiger charge is -2.46. The predicted molar refractivity (Wildman–Crippen MR) is 83.4 cm³/mol. The van der Waals surface area contributed by atoms with Crippen molar-refractivity contribution in [3.8, 4) is 0 Å². The molecule has 2 aliphatic heterocycles. The average Bonchev–Trinajstić information content (AvgIpc) is 2.51. The number of aliphatic hydroxyl groups excluding tert-OH is 1. The van der Waals surface area contributed by atoms with Gasteiger partial charge in [-0.3, -0.25) is 0 Å². The largest absolute Gasteiger partial charge is 0.387 e. The van der Waals surface area contributed by atoms with E-state index in [2.05, 4.69) is 6.58 Å². The maximum atomic E-state index is 10.4. The fourth-order valence-electron chi connectivity index (χ4n) is 3.03. The van der Waals surface area contributed by atoms with E-state index in [0.29, 0.717) is 13.2 Å². The minimum atomic E-state index is -0.660. The van der Waals surface area contributed by atoms with Gasteiger partial charge in [0.1, 0.15) is 12.2 Å². The van der Waals surface area contributed by atoms with Crippen LogP contribution in [0.15, 0.2) is 12.7 Å². The van der Waals surface area contributed by atoms with Crippen molar-refractivity contribution in [2.45, 2.75) is 76.8 Å². The van der Waals surface area contributed by atoms with Crippen molar-refractivity contribution in [2.75, 3.05) is 13.2 Å². The van der Waals surface area contributed by atoms with E-state index in [1.54, 1.807) is 0 Å². The zero-order chi connectivity index (χ0) is 15.9. The van der Waals surface area contributed by atoms with Crippen LogP contribution in [0.2, 0.25) is 0 Å². The Hall–Kier alpha value is -0.460. The van der Waals surface area contributed by atoms with Crippen LogP contribution >= 0.6 is 0 Å². The van der Waals surface area contributed by atoms with Crippen molar-refractivity contribution >= 4 is 0 Å². The van der Waals surface area contributed by atoms with E-state index in [0.717, 1.165) is 19.3 Å². The van der Waals surface area contributed by atoms with E-state index in [9.17, 15) is 5.11 Å².